The number of carbonyl (C=O) groups excluding carboxylic acids is 1. The molecule has 1 unspecified atom stereocenters. The van der Waals surface area contributed by atoms with Crippen LogP contribution in [0.3, 0.4) is 0 Å². The molecule has 0 aliphatic carbocycles. The van der Waals surface area contributed by atoms with Gasteiger partial charge in [-0.15, -0.1) is 0 Å². The Morgan fingerprint density at radius 3 is 2.18 bits per heavy atom. The zero-order chi connectivity index (χ0) is 21.1. The lowest BCUT2D eigenvalue weighted by molar-refractivity contribution is 0.0976. The maximum atomic E-state index is 13.0. The second-order valence-electron chi connectivity index (χ2n) is 6.50. The highest BCUT2D eigenvalue weighted by Crippen LogP contribution is 2.25. The fourth-order valence-electron chi connectivity index (χ4n) is 3.02. The van der Waals surface area contributed by atoms with Gasteiger partial charge >= 0.3 is 0 Å². The predicted octanol–water partition coefficient (Wildman–Crippen LogP) is 2.92. The van der Waals surface area contributed by atoms with Gasteiger partial charge in [-0.25, -0.2) is 18.4 Å². The second kappa shape index (κ2) is 8.59. The van der Waals surface area contributed by atoms with Gasteiger partial charge in [-0.1, -0.05) is 26.0 Å². The number of sulfonamides is 1. The van der Waals surface area contributed by atoms with Gasteiger partial charge in [0.05, 0.1) is 11.0 Å². The standard InChI is InChI=1S/C20H24N4O3S/c1-6-24(7-2)28(26,27)18-11-16(9-8-13(18)3)19(25)17(12-21)20-22-14(4)10-15(5)23-20/h8-11,17H,6-7H2,1-5H3. The monoisotopic (exact) mass is 400 g/mol. The zero-order valence-electron chi connectivity index (χ0n) is 16.7. The first kappa shape index (κ1) is 21.7. The minimum Gasteiger partial charge on any atom is -0.292 e. The highest BCUT2D eigenvalue weighted by Gasteiger charge is 2.28. The van der Waals surface area contributed by atoms with E-state index in [-0.39, 0.29) is 16.3 Å². The van der Waals surface area contributed by atoms with Crippen molar-refractivity contribution < 1.29 is 13.2 Å². The Kier molecular flexibility index (Phi) is 6.65. The lowest BCUT2D eigenvalue weighted by atomic mass is 9.97. The summed E-state index contributed by atoms with van der Waals surface area (Å²) in [6.45, 7) is 9.37. The van der Waals surface area contributed by atoms with Gasteiger partial charge in [0.25, 0.3) is 0 Å². The first-order valence-corrected chi connectivity index (χ1v) is 10.5. The van der Waals surface area contributed by atoms with Gasteiger partial charge in [-0.05, 0) is 38.5 Å². The molecule has 0 saturated carbocycles. The summed E-state index contributed by atoms with van der Waals surface area (Å²) in [6.07, 6.45) is 0. The van der Waals surface area contributed by atoms with E-state index in [0.717, 1.165) is 0 Å². The largest absolute Gasteiger partial charge is 0.292 e. The Hall–Kier alpha value is -2.63. The highest BCUT2D eigenvalue weighted by atomic mass is 32.2. The number of benzene rings is 1. The van der Waals surface area contributed by atoms with Crippen LogP contribution < -0.4 is 0 Å². The van der Waals surface area contributed by atoms with Gasteiger partial charge in [-0.3, -0.25) is 4.79 Å². The summed E-state index contributed by atoms with van der Waals surface area (Å²) < 4.78 is 27.2. The lowest BCUT2D eigenvalue weighted by Crippen LogP contribution is -2.31. The number of nitrogens with zero attached hydrogens (tertiary/aromatic N) is 4. The SMILES string of the molecule is CCN(CC)S(=O)(=O)c1cc(C(=O)C(C#N)c2nc(C)cc(C)n2)ccc1C. The molecule has 0 bridgehead atoms. The van der Waals surface area contributed by atoms with E-state index in [2.05, 4.69) is 9.97 Å². The Morgan fingerprint density at radius 1 is 1.11 bits per heavy atom. The molecule has 2 aromatic rings. The van der Waals surface area contributed by atoms with Gasteiger partial charge in [0.2, 0.25) is 10.0 Å². The van der Waals surface area contributed by atoms with E-state index >= 15 is 0 Å². The maximum absolute atomic E-state index is 13.0. The molecule has 0 amide bonds. The van der Waals surface area contributed by atoms with E-state index in [0.29, 0.717) is 30.0 Å². The van der Waals surface area contributed by atoms with Gasteiger partial charge < -0.3 is 0 Å². The van der Waals surface area contributed by atoms with E-state index in [4.69, 9.17) is 0 Å². The molecule has 2 rings (SSSR count). The number of ketones is 1. The zero-order valence-corrected chi connectivity index (χ0v) is 17.5. The van der Waals surface area contributed by atoms with Crippen molar-refractivity contribution in [1.82, 2.24) is 14.3 Å². The number of nitriles is 1. The predicted molar refractivity (Wildman–Crippen MR) is 105 cm³/mol. The summed E-state index contributed by atoms with van der Waals surface area (Å²) in [7, 11) is -3.73. The fraction of sp³-hybridized carbons (Fsp3) is 0.400. The number of aryl methyl sites for hydroxylation is 3. The Morgan fingerprint density at radius 2 is 1.68 bits per heavy atom. The average Bonchev–Trinajstić information content (AvgIpc) is 2.62. The summed E-state index contributed by atoms with van der Waals surface area (Å²) in [4.78, 5) is 21.5. The molecule has 0 aliphatic rings. The van der Waals surface area contributed by atoms with E-state index in [1.807, 2.05) is 6.07 Å². The summed E-state index contributed by atoms with van der Waals surface area (Å²) in [6, 6.07) is 8.17. The first-order valence-electron chi connectivity index (χ1n) is 9.02. The van der Waals surface area contributed by atoms with Crippen LogP contribution in [0, 0.1) is 32.1 Å². The van der Waals surface area contributed by atoms with Crippen molar-refractivity contribution in [3.05, 3.63) is 52.6 Å². The Balaban J connectivity index is 2.53. The van der Waals surface area contributed by atoms with Crippen LogP contribution in [0.15, 0.2) is 29.2 Å². The van der Waals surface area contributed by atoms with Crippen LogP contribution in [0.1, 0.15) is 52.9 Å². The summed E-state index contributed by atoms with van der Waals surface area (Å²) in [5.41, 5.74) is 2.00. The molecule has 0 saturated heterocycles. The second-order valence-corrected chi connectivity index (χ2v) is 8.41. The van der Waals surface area contributed by atoms with Crippen molar-refractivity contribution >= 4 is 15.8 Å². The third-order valence-corrected chi connectivity index (χ3v) is 6.64. The number of aromatic nitrogens is 2. The van der Waals surface area contributed by atoms with Crippen molar-refractivity contribution in [2.24, 2.45) is 0 Å². The van der Waals surface area contributed by atoms with Gasteiger partial charge in [0.1, 0.15) is 0 Å². The molecule has 1 aromatic carbocycles. The summed E-state index contributed by atoms with van der Waals surface area (Å²) in [5.74, 6) is -1.60. The molecule has 8 heteroatoms. The molecule has 0 fully saturated rings. The van der Waals surface area contributed by atoms with Crippen molar-refractivity contribution in [3.8, 4) is 6.07 Å². The van der Waals surface area contributed by atoms with Crippen LogP contribution in [0.25, 0.3) is 0 Å². The van der Waals surface area contributed by atoms with Crippen LogP contribution in [0.5, 0.6) is 0 Å². The topological polar surface area (TPSA) is 104 Å². The molecule has 0 spiro atoms. The van der Waals surface area contributed by atoms with Gasteiger partial charge in [0, 0.05) is 30.0 Å². The van der Waals surface area contributed by atoms with Crippen LogP contribution in [0.4, 0.5) is 0 Å². The van der Waals surface area contributed by atoms with E-state index in [9.17, 15) is 18.5 Å². The van der Waals surface area contributed by atoms with E-state index in [1.54, 1.807) is 46.8 Å². The molecule has 1 heterocycles. The number of Topliss-reactive ketones (excluding diaryl/α,β-unsaturated/α-hetero) is 1. The molecule has 0 radical (unpaired) electrons. The first-order chi connectivity index (χ1) is 13.1. The molecule has 1 aromatic heterocycles. The molecule has 7 nitrogen and oxygen atoms in total. The summed E-state index contributed by atoms with van der Waals surface area (Å²) in [5, 5.41) is 9.56. The van der Waals surface area contributed by atoms with Crippen LogP contribution in [-0.4, -0.2) is 41.6 Å². The fourth-order valence-corrected chi connectivity index (χ4v) is 4.73. The maximum Gasteiger partial charge on any atom is 0.243 e. The third kappa shape index (κ3) is 4.26. The third-order valence-electron chi connectivity index (χ3n) is 4.44. The smallest absolute Gasteiger partial charge is 0.243 e. The van der Waals surface area contributed by atoms with Crippen LogP contribution >= 0.6 is 0 Å². The number of hydrogen-bond donors (Lipinski definition) is 0. The summed E-state index contributed by atoms with van der Waals surface area (Å²) >= 11 is 0. The number of rotatable bonds is 7. The molecule has 0 aliphatic heterocycles. The van der Waals surface area contributed by atoms with Crippen molar-refractivity contribution in [2.75, 3.05) is 13.1 Å². The normalized spacial score (nSPS) is 12.6. The minimum atomic E-state index is -3.73. The molecular weight excluding hydrogens is 376 g/mol. The number of hydrogen-bond acceptors (Lipinski definition) is 6. The van der Waals surface area contributed by atoms with E-state index in [1.165, 1.54) is 16.4 Å². The van der Waals surface area contributed by atoms with Crippen molar-refractivity contribution in [3.63, 3.8) is 0 Å². The van der Waals surface area contributed by atoms with Crippen molar-refractivity contribution in [1.29, 1.82) is 5.26 Å². The Labute approximate surface area is 166 Å². The molecular formula is C20H24N4O3S. The van der Waals surface area contributed by atoms with Gasteiger partial charge in [0.15, 0.2) is 17.5 Å². The minimum absolute atomic E-state index is 0.0695. The van der Waals surface area contributed by atoms with Crippen LogP contribution in [0.2, 0.25) is 0 Å². The van der Waals surface area contributed by atoms with Crippen LogP contribution in [-0.2, 0) is 10.0 Å². The molecule has 28 heavy (non-hydrogen) atoms. The van der Waals surface area contributed by atoms with E-state index < -0.39 is 21.7 Å². The quantitative estimate of drug-likeness (QED) is 0.662. The van der Waals surface area contributed by atoms with Crippen molar-refractivity contribution in [2.45, 2.75) is 45.4 Å². The van der Waals surface area contributed by atoms with Gasteiger partial charge in [-0.2, -0.15) is 9.57 Å². The molecule has 1 atom stereocenters. The highest BCUT2D eigenvalue weighted by molar-refractivity contribution is 7.89. The average molecular weight is 401 g/mol. The molecule has 148 valence electrons. The lowest BCUT2D eigenvalue weighted by Gasteiger charge is -2.20. The Bertz CT molecular complexity index is 1020. The molecule has 0 N–H and O–H groups in total. The number of carbonyl (C=O) groups is 1.